The number of ether oxygens (including phenoxy) is 2. The van der Waals surface area contributed by atoms with Crippen molar-refractivity contribution in [3.8, 4) is 0 Å². The number of rotatable bonds is 2. The van der Waals surface area contributed by atoms with Gasteiger partial charge < -0.3 is 14.8 Å². The normalized spacial score (nSPS) is 24.1. The van der Waals surface area contributed by atoms with Crippen molar-refractivity contribution in [1.82, 2.24) is 5.32 Å². The summed E-state index contributed by atoms with van der Waals surface area (Å²) in [4.78, 5) is 24.7. The molecule has 1 N–H and O–H groups in total. The van der Waals surface area contributed by atoms with E-state index in [1.165, 1.54) is 30.3 Å². The van der Waals surface area contributed by atoms with Crippen LogP contribution in [-0.4, -0.2) is 30.8 Å². The molecule has 0 saturated carbocycles. The van der Waals surface area contributed by atoms with Crippen molar-refractivity contribution in [3.05, 3.63) is 82.9 Å². The van der Waals surface area contributed by atoms with Crippen LogP contribution in [0.25, 0.3) is 0 Å². The third-order valence-corrected chi connectivity index (χ3v) is 5.63. The van der Waals surface area contributed by atoms with Crippen LogP contribution in [0.2, 0.25) is 0 Å². The molecule has 5 heteroatoms. The molecular formula is C23H23NO4. The Morgan fingerprint density at radius 1 is 1.07 bits per heavy atom. The number of aryl methyl sites for hydroxylation is 2. The number of amides is 1. The highest BCUT2D eigenvalue weighted by atomic mass is 16.7. The maximum Gasteiger partial charge on any atom is 0.409 e. The summed E-state index contributed by atoms with van der Waals surface area (Å²) in [6, 6.07) is 16.4. The van der Waals surface area contributed by atoms with Gasteiger partial charge in [0.1, 0.15) is 5.60 Å². The standard InChI is InChI=1S/C23H23NO4/c1-23(19(25)13-14-20(28-23)27-22(26)24-2)21-17-9-5-3-7-15(17)11-12-16-8-4-6-10-18(16)21/h3-10,13-14,20-21H,11-12H2,1-2H3,(H,24,26)/t20-,23-/m0/s1. The Bertz CT molecular complexity index is 904. The van der Waals surface area contributed by atoms with Crippen molar-refractivity contribution in [3.63, 3.8) is 0 Å². The number of hydrogen-bond donors (Lipinski definition) is 1. The molecule has 2 aromatic rings. The molecule has 0 aromatic heterocycles. The van der Waals surface area contributed by atoms with Crippen molar-refractivity contribution in [2.75, 3.05) is 7.05 Å². The van der Waals surface area contributed by atoms with Crippen LogP contribution in [0.5, 0.6) is 0 Å². The van der Waals surface area contributed by atoms with Gasteiger partial charge in [0.2, 0.25) is 6.29 Å². The first-order chi connectivity index (χ1) is 13.5. The average Bonchev–Trinajstić information content (AvgIpc) is 2.88. The Kier molecular flexibility index (Phi) is 4.77. The lowest BCUT2D eigenvalue weighted by atomic mass is 9.73. The average molecular weight is 377 g/mol. The molecular weight excluding hydrogens is 354 g/mol. The Morgan fingerprint density at radius 2 is 1.64 bits per heavy atom. The van der Waals surface area contributed by atoms with Crippen molar-refractivity contribution in [1.29, 1.82) is 0 Å². The minimum atomic E-state index is -1.19. The molecule has 0 unspecified atom stereocenters. The zero-order valence-corrected chi connectivity index (χ0v) is 16.0. The van der Waals surface area contributed by atoms with E-state index in [1.807, 2.05) is 24.3 Å². The van der Waals surface area contributed by atoms with Crippen molar-refractivity contribution in [2.24, 2.45) is 0 Å². The molecule has 1 heterocycles. The smallest absolute Gasteiger partial charge is 0.409 e. The van der Waals surface area contributed by atoms with Gasteiger partial charge in [0.25, 0.3) is 0 Å². The van der Waals surface area contributed by atoms with E-state index < -0.39 is 18.0 Å². The van der Waals surface area contributed by atoms with Crippen molar-refractivity contribution >= 4 is 11.9 Å². The van der Waals surface area contributed by atoms with Gasteiger partial charge in [-0.05, 0) is 54.2 Å². The molecule has 144 valence electrons. The Balaban J connectivity index is 1.84. The fourth-order valence-corrected chi connectivity index (χ4v) is 4.23. The number of ketones is 1. The summed E-state index contributed by atoms with van der Waals surface area (Å²) in [5.74, 6) is -0.434. The molecule has 0 bridgehead atoms. The van der Waals surface area contributed by atoms with Gasteiger partial charge in [-0.25, -0.2) is 4.79 Å². The Hall–Kier alpha value is -2.92. The van der Waals surface area contributed by atoms with Gasteiger partial charge in [-0.2, -0.15) is 0 Å². The fraction of sp³-hybridized carbons (Fsp3) is 0.304. The molecule has 2 aliphatic rings. The third-order valence-electron chi connectivity index (χ3n) is 5.63. The highest BCUT2D eigenvalue weighted by molar-refractivity contribution is 5.99. The van der Waals surface area contributed by atoms with E-state index in [0.717, 1.165) is 24.0 Å². The number of hydrogen-bond acceptors (Lipinski definition) is 4. The first-order valence-electron chi connectivity index (χ1n) is 9.47. The highest BCUT2D eigenvalue weighted by Gasteiger charge is 2.48. The van der Waals surface area contributed by atoms with E-state index in [0.29, 0.717) is 0 Å². The maximum atomic E-state index is 13.1. The molecule has 0 spiro atoms. The molecule has 1 aliphatic carbocycles. The summed E-state index contributed by atoms with van der Waals surface area (Å²) in [7, 11) is 1.48. The van der Waals surface area contributed by atoms with Crippen LogP contribution >= 0.6 is 0 Å². The summed E-state index contributed by atoms with van der Waals surface area (Å²) in [6.45, 7) is 1.79. The summed E-state index contributed by atoms with van der Waals surface area (Å²) in [5.41, 5.74) is 3.39. The van der Waals surface area contributed by atoms with Crippen LogP contribution in [-0.2, 0) is 27.1 Å². The Morgan fingerprint density at radius 3 is 2.21 bits per heavy atom. The highest BCUT2D eigenvalue weighted by Crippen LogP contribution is 2.45. The SMILES string of the molecule is CNC(=O)O[C@@H]1C=CC(=O)[C@@](C)(C2c3ccccc3CCc3ccccc32)O1. The molecule has 1 amide bonds. The van der Waals surface area contributed by atoms with Crippen LogP contribution in [0.1, 0.15) is 35.1 Å². The summed E-state index contributed by atoms with van der Waals surface area (Å²) in [6.07, 6.45) is 3.23. The zero-order chi connectivity index (χ0) is 19.7. The van der Waals surface area contributed by atoms with Crippen molar-refractivity contribution in [2.45, 2.75) is 37.6 Å². The molecule has 0 fully saturated rings. The van der Waals surface area contributed by atoms with E-state index in [-0.39, 0.29) is 11.7 Å². The molecule has 1 aliphatic heterocycles. The molecule has 5 nitrogen and oxygen atoms in total. The quantitative estimate of drug-likeness (QED) is 0.870. The van der Waals surface area contributed by atoms with Crippen LogP contribution in [0.15, 0.2) is 60.7 Å². The number of alkyl carbamates (subject to hydrolysis) is 1. The predicted molar refractivity (Wildman–Crippen MR) is 105 cm³/mol. The Labute approximate surface area is 164 Å². The lowest BCUT2D eigenvalue weighted by molar-refractivity contribution is -0.177. The van der Waals surface area contributed by atoms with Gasteiger partial charge in [-0.15, -0.1) is 0 Å². The van der Waals surface area contributed by atoms with E-state index in [4.69, 9.17) is 9.47 Å². The molecule has 2 atom stereocenters. The summed E-state index contributed by atoms with van der Waals surface area (Å²) < 4.78 is 11.4. The predicted octanol–water partition coefficient (Wildman–Crippen LogP) is 3.51. The number of fused-ring (bicyclic) bond motifs is 2. The van der Waals surface area contributed by atoms with Gasteiger partial charge in [0, 0.05) is 13.0 Å². The van der Waals surface area contributed by atoms with Crippen LogP contribution in [0, 0.1) is 0 Å². The molecule has 4 rings (SSSR count). The van der Waals surface area contributed by atoms with Gasteiger partial charge >= 0.3 is 6.09 Å². The summed E-state index contributed by atoms with van der Waals surface area (Å²) in [5, 5.41) is 2.41. The topological polar surface area (TPSA) is 64.6 Å². The number of carbonyl (C=O) groups excluding carboxylic acids is 2. The minimum absolute atomic E-state index is 0.138. The van der Waals surface area contributed by atoms with Gasteiger partial charge in [-0.1, -0.05) is 48.5 Å². The van der Waals surface area contributed by atoms with Gasteiger partial charge in [-0.3, -0.25) is 4.79 Å². The largest absolute Gasteiger partial charge is 0.416 e. The zero-order valence-electron chi connectivity index (χ0n) is 16.0. The van der Waals surface area contributed by atoms with Crippen molar-refractivity contribution < 1.29 is 19.1 Å². The number of nitrogens with one attached hydrogen (secondary N) is 1. The lowest BCUT2D eigenvalue weighted by Gasteiger charge is -2.40. The van der Waals surface area contributed by atoms with Gasteiger partial charge in [0.15, 0.2) is 5.78 Å². The number of carbonyl (C=O) groups is 2. The van der Waals surface area contributed by atoms with E-state index in [1.54, 1.807) is 6.92 Å². The molecule has 2 aromatic carbocycles. The van der Waals surface area contributed by atoms with E-state index in [9.17, 15) is 9.59 Å². The second kappa shape index (κ2) is 7.24. The third kappa shape index (κ3) is 3.12. The second-order valence-corrected chi connectivity index (χ2v) is 7.30. The first-order valence-corrected chi connectivity index (χ1v) is 9.47. The fourth-order valence-electron chi connectivity index (χ4n) is 4.23. The first kappa shape index (κ1) is 18.4. The minimum Gasteiger partial charge on any atom is -0.416 e. The lowest BCUT2D eigenvalue weighted by Crippen LogP contribution is -2.50. The summed E-state index contributed by atoms with van der Waals surface area (Å²) >= 11 is 0. The number of benzene rings is 2. The molecule has 0 saturated heterocycles. The second-order valence-electron chi connectivity index (χ2n) is 7.30. The van der Waals surface area contributed by atoms with Crippen LogP contribution in [0.3, 0.4) is 0 Å². The van der Waals surface area contributed by atoms with E-state index in [2.05, 4.69) is 29.6 Å². The van der Waals surface area contributed by atoms with E-state index >= 15 is 0 Å². The van der Waals surface area contributed by atoms with Crippen LogP contribution in [0.4, 0.5) is 4.79 Å². The maximum absolute atomic E-state index is 13.1. The molecule has 0 radical (unpaired) electrons. The van der Waals surface area contributed by atoms with Gasteiger partial charge in [0.05, 0.1) is 0 Å². The van der Waals surface area contributed by atoms with Crippen LogP contribution < -0.4 is 5.32 Å². The molecule has 28 heavy (non-hydrogen) atoms. The monoisotopic (exact) mass is 377 g/mol.